The molecule has 0 radical (unpaired) electrons. The molecule has 0 aliphatic carbocycles. The lowest BCUT2D eigenvalue weighted by Crippen LogP contribution is -2.33. The van der Waals surface area contributed by atoms with Gasteiger partial charge in [0.25, 0.3) is 0 Å². The van der Waals surface area contributed by atoms with E-state index in [2.05, 4.69) is 113 Å². The second-order valence-electron chi connectivity index (χ2n) is 9.99. The summed E-state index contributed by atoms with van der Waals surface area (Å²) in [5.74, 6) is 0. The summed E-state index contributed by atoms with van der Waals surface area (Å²) in [5, 5.41) is 0. The second kappa shape index (κ2) is 11.5. The number of rotatable bonds is 9. The molecule has 0 saturated carbocycles. The van der Waals surface area contributed by atoms with Gasteiger partial charge in [-0.1, -0.05) is 55.5 Å². The van der Waals surface area contributed by atoms with Gasteiger partial charge in [-0.2, -0.15) is 0 Å². The summed E-state index contributed by atoms with van der Waals surface area (Å²) in [6.07, 6.45) is 9.22. The molecule has 3 heterocycles. The SMILES string of the molecule is CCc1ccc(C[n+]2ccc(-c3ccc(-c4cc[n+](Cc5ccc(CP(=O)(O)O)cc5)cc4)n3C)cc2)cc1. The minimum absolute atomic E-state index is 0.232. The first-order valence-electron chi connectivity index (χ1n) is 13.1. The van der Waals surface area contributed by atoms with E-state index in [0.717, 1.165) is 35.5 Å². The van der Waals surface area contributed by atoms with Crippen LogP contribution in [0.25, 0.3) is 22.5 Å². The smallest absolute Gasteiger partial charge is 0.329 e. The van der Waals surface area contributed by atoms with Crippen molar-refractivity contribution in [3.8, 4) is 22.5 Å². The number of aromatic nitrogens is 3. The van der Waals surface area contributed by atoms with Gasteiger partial charge in [-0.25, -0.2) is 9.13 Å². The van der Waals surface area contributed by atoms with Crippen molar-refractivity contribution in [1.82, 2.24) is 4.57 Å². The molecular weight excluding hydrogens is 505 g/mol. The highest BCUT2D eigenvalue weighted by Crippen LogP contribution is 2.38. The average Bonchev–Trinajstić information content (AvgIpc) is 3.31. The maximum atomic E-state index is 11.2. The zero-order valence-corrected chi connectivity index (χ0v) is 23.2. The number of pyridine rings is 2. The first kappa shape index (κ1) is 26.8. The highest BCUT2D eigenvalue weighted by molar-refractivity contribution is 7.50. The third-order valence-corrected chi connectivity index (χ3v) is 7.85. The highest BCUT2D eigenvalue weighted by Gasteiger charge is 2.15. The molecule has 0 spiro atoms. The molecule has 0 bridgehead atoms. The Bertz CT molecular complexity index is 1590. The molecule has 198 valence electrons. The zero-order chi connectivity index (χ0) is 27.4. The van der Waals surface area contributed by atoms with Crippen molar-refractivity contribution in [3.63, 3.8) is 0 Å². The summed E-state index contributed by atoms with van der Waals surface area (Å²) in [5.41, 5.74) is 8.99. The van der Waals surface area contributed by atoms with E-state index in [0.29, 0.717) is 12.1 Å². The number of nitrogens with zero attached hydrogens (tertiary/aromatic N) is 3. The van der Waals surface area contributed by atoms with E-state index >= 15 is 0 Å². The van der Waals surface area contributed by atoms with Gasteiger partial charge in [-0.15, -0.1) is 0 Å². The van der Waals surface area contributed by atoms with E-state index in [9.17, 15) is 4.57 Å². The normalized spacial score (nSPS) is 11.6. The first-order chi connectivity index (χ1) is 18.8. The Hall–Kier alpha value is -3.83. The van der Waals surface area contributed by atoms with E-state index in [1.54, 1.807) is 12.1 Å². The lowest BCUT2D eigenvalue weighted by Gasteiger charge is -2.08. The van der Waals surface area contributed by atoms with Gasteiger partial charge < -0.3 is 14.4 Å². The van der Waals surface area contributed by atoms with Gasteiger partial charge >= 0.3 is 7.60 Å². The van der Waals surface area contributed by atoms with Crippen LogP contribution >= 0.6 is 7.60 Å². The third kappa shape index (κ3) is 6.79. The molecule has 0 fully saturated rings. The lowest BCUT2D eigenvalue weighted by atomic mass is 10.1. The van der Waals surface area contributed by atoms with Crippen LogP contribution in [0.3, 0.4) is 0 Å². The van der Waals surface area contributed by atoms with Crippen LogP contribution in [0.15, 0.2) is 110 Å². The summed E-state index contributed by atoms with van der Waals surface area (Å²) >= 11 is 0. The van der Waals surface area contributed by atoms with E-state index < -0.39 is 7.60 Å². The molecule has 0 aliphatic rings. The number of hydrogen-bond donors (Lipinski definition) is 2. The van der Waals surface area contributed by atoms with Crippen molar-refractivity contribution in [1.29, 1.82) is 0 Å². The zero-order valence-electron chi connectivity index (χ0n) is 22.3. The molecule has 6 nitrogen and oxygen atoms in total. The van der Waals surface area contributed by atoms with Crippen molar-refractivity contribution in [3.05, 3.63) is 132 Å². The van der Waals surface area contributed by atoms with Crippen LogP contribution in [0.1, 0.15) is 29.2 Å². The fourth-order valence-corrected chi connectivity index (χ4v) is 5.53. The Morgan fingerprint density at radius 1 is 0.615 bits per heavy atom. The maximum absolute atomic E-state index is 11.2. The summed E-state index contributed by atoms with van der Waals surface area (Å²) in [7, 11) is -1.95. The van der Waals surface area contributed by atoms with Crippen molar-refractivity contribution in [2.75, 3.05) is 0 Å². The maximum Gasteiger partial charge on any atom is 0.329 e. The average molecular weight is 540 g/mol. The standard InChI is InChI=1S/C32H32N3O3P/c1-3-25-4-6-26(7-5-25)22-34-18-14-29(15-19-34)31-12-13-32(33(31)2)30-16-20-35(21-17-30)23-27-8-10-28(11-9-27)24-39(36,37)38/h4-21H,3,22-24H2,1-2H3/p+2. The van der Waals surface area contributed by atoms with Gasteiger partial charge in [-0.05, 0) is 29.7 Å². The van der Waals surface area contributed by atoms with Gasteiger partial charge in [-0.3, -0.25) is 4.57 Å². The fourth-order valence-electron chi connectivity index (χ4n) is 4.85. The van der Waals surface area contributed by atoms with Crippen LogP contribution in [0.2, 0.25) is 0 Å². The molecule has 5 rings (SSSR count). The van der Waals surface area contributed by atoms with E-state index in [-0.39, 0.29) is 6.16 Å². The number of benzene rings is 2. The molecule has 2 aromatic carbocycles. The number of hydrogen-bond acceptors (Lipinski definition) is 1. The van der Waals surface area contributed by atoms with Gasteiger partial charge in [0.05, 0.1) is 6.16 Å². The van der Waals surface area contributed by atoms with Crippen LogP contribution in [0, 0.1) is 0 Å². The predicted octanol–water partition coefficient (Wildman–Crippen LogP) is 5.27. The van der Waals surface area contributed by atoms with Crippen molar-refractivity contribution in [2.45, 2.75) is 32.6 Å². The largest absolute Gasteiger partial charge is 0.344 e. The molecule has 2 N–H and O–H groups in total. The number of aryl methyl sites for hydroxylation is 1. The monoisotopic (exact) mass is 539 g/mol. The molecule has 0 unspecified atom stereocenters. The summed E-state index contributed by atoms with van der Waals surface area (Å²) in [6.45, 7) is 3.71. The van der Waals surface area contributed by atoms with E-state index in [1.807, 2.05) is 12.1 Å². The summed E-state index contributed by atoms with van der Waals surface area (Å²) in [6, 6.07) is 29.1. The van der Waals surface area contributed by atoms with E-state index in [1.165, 1.54) is 16.7 Å². The molecule has 3 aromatic heterocycles. The van der Waals surface area contributed by atoms with Crippen molar-refractivity contribution >= 4 is 7.60 Å². The predicted molar refractivity (Wildman–Crippen MR) is 153 cm³/mol. The third-order valence-electron chi connectivity index (χ3n) is 7.07. The van der Waals surface area contributed by atoms with Crippen LogP contribution in [-0.2, 0) is 37.3 Å². The topological polar surface area (TPSA) is 70.2 Å². The lowest BCUT2D eigenvalue weighted by molar-refractivity contribution is -0.688. The molecule has 0 saturated heterocycles. The van der Waals surface area contributed by atoms with Crippen molar-refractivity contribution < 1.29 is 23.5 Å². The van der Waals surface area contributed by atoms with E-state index in [4.69, 9.17) is 9.79 Å². The van der Waals surface area contributed by atoms with Crippen LogP contribution in [0.5, 0.6) is 0 Å². The molecule has 0 amide bonds. The van der Waals surface area contributed by atoms with Gasteiger partial charge in [0.2, 0.25) is 0 Å². The van der Waals surface area contributed by atoms with Crippen molar-refractivity contribution in [2.24, 2.45) is 7.05 Å². The van der Waals surface area contributed by atoms with Gasteiger partial charge in [0.1, 0.15) is 0 Å². The Balaban J connectivity index is 1.25. The second-order valence-corrected chi connectivity index (χ2v) is 11.6. The minimum atomic E-state index is -4.05. The summed E-state index contributed by atoms with van der Waals surface area (Å²) in [4.78, 5) is 18.3. The Morgan fingerprint density at radius 3 is 1.38 bits per heavy atom. The highest BCUT2D eigenvalue weighted by atomic mass is 31.2. The Morgan fingerprint density at radius 2 is 1.00 bits per heavy atom. The van der Waals surface area contributed by atoms with Gasteiger partial charge in [0, 0.05) is 65.0 Å². The summed E-state index contributed by atoms with van der Waals surface area (Å²) < 4.78 is 17.7. The van der Waals surface area contributed by atoms with Crippen LogP contribution < -0.4 is 9.13 Å². The molecular formula is C32H34N3O3P+2. The Kier molecular flexibility index (Phi) is 7.89. The quantitative estimate of drug-likeness (QED) is 0.198. The first-order valence-corrected chi connectivity index (χ1v) is 14.9. The molecule has 7 heteroatoms. The molecule has 0 atom stereocenters. The molecule has 39 heavy (non-hydrogen) atoms. The van der Waals surface area contributed by atoms with Gasteiger partial charge in [0.15, 0.2) is 37.9 Å². The fraction of sp³-hybridized carbons (Fsp3) is 0.188. The van der Waals surface area contributed by atoms with Crippen LogP contribution in [-0.4, -0.2) is 14.4 Å². The molecule has 0 aliphatic heterocycles. The van der Waals surface area contributed by atoms with Crippen LogP contribution in [0.4, 0.5) is 0 Å². The molecule has 5 aromatic rings. The Labute approximate surface area is 229 Å². The minimum Gasteiger partial charge on any atom is -0.344 e.